The summed E-state index contributed by atoms with van der Waals surface area (Å²) in [6.45, 7) is 3.19. The molecule has 2 saturated heterocycles. The summed E-state index contributed by atoms with van der Waals surface area (Å²) in [4.78, 5) is 48.2. The molecule has 0 aromatic heterocycles. The van der Waals surface area contributed by atoms with Crippen LogP contribution in [0, 0.1) is 0 Å². The van der Waals surface area contributed by atoms with Crippen LogP contribution < -0.4 is 4.46 Å². The molecule has 2 fully saturated rings. The maximum atomic E-state index is 12.3. The van der Waals surface area contributed by atoms with E-state index >= 15 is 0 Å². The van der Waals surface area contributed by atoms with Gasteiger partial charge in [-0.3, -0.25) is 0 Å². The van der Waals surface area contributed by atoms with Crippen LogP contribution in [-0.4, -0.2) is 76.1 Å². The molecule has 0 spiro atoms. The Morgan fingerprint density at radius 3 is 2.18 bits per heavy atom. The van der Waals surface area contributed by atoms with E-state index < -0.39 is 66.8 Å². The number of rotatable bonds is 10. The van der Waals surface area contributed by atoms with Crippen LogP contribution in [0.3, 0.4) is 0 Å². The zero-order chi connectivity index (χ0) is 28.0. The minimum absolute atomic E-state index is 0.0537. The van der Waals surface area contributed by atoms with Crippen LogP contribution in [0.25, 0.3) is 0 Å². The standard InChI is InChI=1S/C28H30O10Se/c1-17(29)33-15-23(34-18(2)30)25(35-19(3)31)26-24-22(36-27(32)37-24)14-28(38-26,20-10-6-4-7-11-20)16-39-21-12-8-5-9-13-21/h4-13,22-26H,14-16H2,1-3H3/t22-,23+,24-,25+,26+,28-/m0/s1. The summed E-state index contributed by atoms with van der Waals surface area (Å²) in [6.07, 6.45) is -5.88. The summed E-state index contributed by atoms with van der Waals surface area (Å²) in [5.41, 5.74) is -0.114. The Morgan fingerprint density at radius 1 is 0.923 bits per heavy atom. The second kappa shape index (κ2) is 12.6. The molecule has 0 aliphatic carbocycles. The zero-order valence-corrected chi connectivity index (χ0v) is 23.5. The number of carbonyl (C=O) groups excluding carboxylic acids is 4. The van der Waals surface area contributed by atoms with Crippen LogP contribution in [0.4, 0.5) is 4.79 Å². The minimum atomic E-state index is -1.28. The predicted molar refractivity (Wildman–Crippen MR) is 137 cm³/mol. The third-order valence-electron chi connectivity index (χ3n) is 6.34. The van der Waals surface area contributed by atoms with E-state index in [2.05, 4.69) is 0 Å². The quantitative estimate of drug-likeness (QED) is 0.227. The van der Waals surface area contributed by atoms with Crippen molar-refractivity contribution < 1.29 is 47.6 Å². The van der Waals surface area contributed by atoms with Gasteiger partial charge in [0.05, 0.1) is 0 Å². The maximum absolute atomic E-state index is 12.3. The number of ether oxygens (including phenoxy) is 6. The first-order valence-electron chi connectivity index (χ1n) is 12.4. The van der Waals surface area contributed by atoms with Crippen molar-refractivity contribution in [3.8, 4) is 0 Å². The van der Waals surface area contributed by atoms with Gasteiger partial charge in [0.1, 0.15) is 0 Å². The van der Waals surface area contributed by atoms with Crippen molar-refractivity contribution in [2.75, 3.05) is 6.61 Å². The molecular formula is C28H30O10Se. The summed E-state index contributed by atoms with van der Waals surface area (Å²) in [7, 11) is 0. The number of fused-ring (bicyclic) bond motifs is 1. The molecule has 10 nitrogen and oxygen atoms in total. The van der Waals surface area contributed by atoms with Crippen molar-refractivity contribution in [3.05, 3.63) is 66.2 Å². The van der Waals surface area contributed by atoms with Gasteiger partial charge in [-0.05, 0) is 0 Å². The first-order chi connectivity index (χ1) is 18.7. The van der Waals surface area contributed by atoms with Gasteiger partial charge in [-0.1, -0.05) is 0 Å². The summed E-state index contributed by atoms with van der Waals surface area (Å²) in [5.74, 6) is -1.98. The van der Waals surface area contributed by atoms with Crippen LogP contribution in [0.15, 0.2) is 60.7 Å². The monoisotopic (exact) mass is 606 g/mol. The molecule has 2 aromatic rings. The van der Waals surface area contributed by atoms with Gasteiger partial charge in [0, 0.05) is 0 Å². The second-order valence-corrected chi connectivity index (χ2v) is 11.5. The van der Waals surface area contributed by atoms with E-state index in [0.717, 1.165) is 10.0 Å². The molecular weight excluding hydrogens is 575 g/mol. The van der Waals surface area contributed by atoms with Crippen molar-refractivity contribution in [1.82, 2.24) is 0 Å². The van der Waals surface area contributed by atoms with E-state index in [1.54, 1.807) is 0 Å². The third-order valence-corrected chi connectivity index (χ3v) is 8.89. The fourth-order valence-electron chi connectivity index (χ4n) is 4.77. The van der Waals surface area contributed by atoms with Gasteiger partial charge in [-0.2, -0.15) is 0 Å². The first-order valence-corrected chi connectivity index (χ1v) is 14.5. The molecule has 6 atom stereocenters. The molecule has 39 heavy (non-hydrogen) atoms. The molecule has 0 unspecified atom stereocenters. The Balaban J connectivity index is 1.76. The zero-order valence-electron chi connectivity index (χ0n) is 21.8. The van der Waals surface area contributed by atoms with Gasteiger partial charge in [0.2, 0.25) is 0 Å². The predicted octanol–water partition coefficient (Wildman–Crippen LogP) is 2.45. The Morgan fingerprint density at radius 2 is 1.56 bits per heavy atom. The Hall–Kier alpha value is -3.40. The Labute approximate surface area is 232 Å². The summed E-state index contributed by atoms with van der Waals surface area (Å²) in [5, 5.41) is 0.556. The van der Waals surface area contributed by atoms with E-state index in [0.29, 0.717) is 11.7 Å². The Kier molecular flexibility index (Phi) is 9.27. The number of hydrogen-bond donors (Lipinski definition) is 0. The molecule has 208 valence electrons. The molecule has 11 heteroatoms. The van der Waals surface area contributed by atoms with Gasteiger partial charge >= 0.3 is 233 Å². The number of hydrogen-bond acceptors (Lipinski definition) is 10. The normalized spacial score (nSPS) is 25.3. The Bertz CT molecular complexity index is 1170. The van der Waals surface area contributed by atoms with E-state index in [4.69, 9.17) is 28.4 Å². The molecule has 2 aliphatic heterocycles. The van der Waals surface area contributed by atoms with Crippen LogP contribution in [-0.2, 0) is 48.4 Å². The average molecular weight is 605 g/mol. The van der Waals surface area contributed by atoms with Crippen LogP contribution >= 0.6 is 0 Å². The SMILES string of the molecule is CC(=O)OC[C@@H](OC(C)=O)[C@@H](OC(C)=O)[C@@H]1O[C@@](C[Se]c2ccccc2)(c2ccccc2)C[C@@H]2OC(=O)O[C@H]12. The molecule has 2 heterocycles. The number of carbonyl (C=O) groups is 4. The molecule has 0 radical (unpaired) electrons. The molecule has 0 bridgehead atoms. The third kappa shape index (κ3) is 7.17. The van der Waals surface area contributed by atoms with Crippen LogP contribution in [0.5, 0.6) is 0 Å². The van der Waals surface area contributed by atoms with E-state index in [1.165, 1.54) is 20.8 Å². The average Bonchev–Trinajstić information content (AvgIpc) is 3.28. The van der Waals surface area contributed by atoms with Crippen molar-refractivity contribution >= 4 is 43.5 Å². The second-order valence-electron chi connectivity index (χ2n) is 9.26. The molecule has 0 saturated carbocycles. The number of benzene rings is 2. The van der Waals surface area contributed by atoms with E-state index in [1.807, 2.05) is 60.7 Å². The first kappa shape index (κ1) is 28.6. The molecule has 4 rings (SSSR count). The van der Waals surface area contributed by atoms with Gasteiger partial charge in [-0.25, -0.2) is 0 Å². The topological polar surface area (TPSA) is 124 Å². The van der Waals surface area contributed by atoms with Gasteiger partial charge in [-0.15, -0.1) is 0 Å². The van der Waals surface area contributed by atoms with Crippen molar-refractivity contribution in [2.45, 2.75) is 68.6 Å². The van der Waals surface area contributed by atoms with Crippen molar-refractivity contribution in [2.24, 2.45) is 0 Å². The molecule has 2 aliphatic rings. The van der Waals surface area contributed by atoms with E-state index in [9.17, 15) is 19.2 Å². The molecule has 0 N–H and O–H groups in total. The summed E-state index contributed by atoms with van der Waals surface area (Å²) in [6, 6.07) is 19.5. The van der Waals surface area contributed by atoms with Crippen molar-refractivity contribution in [1.29, 1.82) is 0 Å². The fraction of sp³-hybridized carbons (Fsp3) is 0.429. The summed E-state index contributed by atoms with van der Waals surface area (Å²) < 4.78 is 35.3. The molecule has 2 aromatic carbocycles. The fourth-order valence-corrected chi connectivity index (χ4v) is 7.08. The number of esters is 3. The van der Waals surface area contributed by atoms with Crippen molar-refractivity contribution in [3.63, 3.8) is 0 Å². The van der Waals surface area contributed by atoms with E-state index in [-0.39, 0.29) is 15.0 Å². The molecule has 0 amide bonds. The van der Waals surface area contributed by atoms with Gasteiger partial charge in [0.15, 0.2) is 0 Å². The van der Waals surface area contributed by atoms with Gasteiger partial charge < -0.3 is 0 Å². The van der Waals surface area contributed by atoms with Gasteiger partial charge in [0.25, 0.3) is 0 Å². The van der Waals surface area contributed by atoms with Crippen LogP contribution in [0.1, 0.15) is 32.8 Å². The summed E-state index contributed by atoms with van der Waals surface area (Å²) >= 11 is -0.0537. The van der Waals surface area contributed by atoms with Crippen LogP contribution in [0.2, 0.25) is 5.32 Å².